The lowest BCUT2D eigenvalue weighted by Crippen LogP contribution is -2.39. The molecule has 2 aliphatic heterocycles. The molecular weight excluding hydrogens is 353 g/mol. The summed E-state index contributed by atoms with van der Waals surface area (Å²) in [5.74, 6) is -0.466. The maximum Gasteiger partial charge on any atom is 0.270 e. The van der Waals surface area contributed by atoms with Gasteiger partial charge in [-0.3, -0.25) is 4.79 Å². The van der Waals surface area contributed by atoms with E-state index < -0.39 is 6.17 Å². The monoisotopic (exact) mass is 373 g/mol. The van der Waals surface area contributed by atoms with Gasteiger partial charge < -0.3 is 15.5 Å². The summed E-state index contributed by atoms with van der Waals surface area (Å²) < 4.78 is 14.4. The molecule has 2 aromatic carbocycles. The summed E-state index contributed by atoms with van der Waals surface area (Å²) in [7, 11) is 0. The Morgan fingerprint density at radius 1 is 1.07 bits per heavy atom. The van der Waals surface area contributed by atoms with E-state index in [9.17, 15) is 9.18 Å². The molecule has 0 aromatic heterocycles. The average molecular weight is 373 g/mol. The van der Waals surface area contributed by atoms with Crippen molar-refractivity contribution in [2.45, 2.75) is 24.5 Å². The molecule has 28 heavy (non-hydrogen) atoms. The molecule has 0 bridgehead atoms. The first kappa shape index (κ1) is 16.8. The molecule has 5 rings (SSSR count). The van der Waals surface area contributed by atoms with Gasteiger partial charge in [-0.05, 0) is 36.6 Å². The first-order valence-electron chi connectivity index (χ1n) is 9.44. The lowest BCUT2D eigenvalue weighted by molar-refractivity contribution is -0.118. The van der Waals surface area contributed by atoms with Crippen molar-refractivity contribution in [2.24, 2.45) is 0 Å². The Balaban J connectivity index is 1.45. The van der Waals surface area contributed by atoms with Crippen molar-refractivity contribution in [2.75, 3.05) is 0 Å². The summed E-state index contributed by atoms with van der Waals surface area (Å²) in [5, 5.41) is 6.45. The van der Waals surface area contributed by atoms with Crippen LogP contribution >= 0.6 is 0 Å². The Morgan fingerprint density at radius 2 is 1.82 bits per heavy atom. The molecular formula is C23H20FN3O. The minimum atomic E-state index is -0.454. The predicted octanol–water partition coefficient (Wildman–Crippen LogP) is 3.83. The van der Waals surface area contributed by atoms with Crippen LogP contribution in [-0.4, -0.2) is 10.8 Å². The fraction of sp³-hybridized carbons (Fsp3) is 0.174. The highest BCUT2D eigenvalue weighted by molar-refractivity contribution is 5.95. The number of amides is 1. The maximum absolute atomic E-state index is 14.4. The van der Waals surface area contributed by atoms with Gasteiger partial charge in [0, 0.05) is 11.8 Å². The number of allylic oxidation sites excluding steroid dienone is 3. The van der Waals surface area contributed by atoms with Gasteiger partial charge >= 0.3 is 0 Å². The van der Waals surface area contributed by atoms with Crippen molar-refractivity contribution in [1.82, 2.24) is 15.5 Å². The highest BCUT2D eigenvalue weighted by Gasteiger charge is 2.47. The largest absolute Gasteiger partial charge is 0.355 e. The van der Waals surface area contributed by atoms with Crippen molar-refractivity contribution in [3.8, 4) is 0 Å². The van der Waals surface area contributed by atoms with Gasteiger partial charge in [-0.1, -0.05) is 54.6 Å². The summed E-state index contributed by atoms with van der Waals surface area (Å²) in [6.45, 7) is 0. The Bertz CT molecular complexity index is 1020. The normalized spacial score (nSPS) is 21.3. The number of carbonyl (C=O) groups excluding carboxylic acids is 1. The van der Waals surface area contributed by atoms with Crippen LogP contribution in [-0.2, 0) is 10.3 Å². The van der Waals surface area contributed by atoms with E-state index in [1.807, 2.05) is 59.7 Å². The molecule has 140 valence electrons. The van der Waals surface area contributed by atoms with E-state index in [-0.39, 0.29) is 17.3 Å². The molecule has 1 amide bonds. The second-order valence-electron chi connectivity index (χ2n) is 7.34. The standard InChI is InChI=1S/C23H20FN3O/c24-18-11-5-4-10-17(18)21-25-20(19-12-6-7-15-27(19)21)22(28)26-23(13-14-23)16-8-2-1-3-9-16/h1-12,15,21,25H,13-14H2,(H,26,28). The number of halogens is 1. The van der Waals surface area contributed by atoms with Crippen LogP contribution in [0.25, 0.3) is 0 Å². The summed E-state index contributed by atoms with van der Waals surface area (Å²) >= 11 is 0. The molecule has 4 nitrogen and oxygen atoms in total. The van der Waals surface area contributed by atoms with E-state index >= 15 is 0 Å². The summed E-state index contributed by atoms with van der Waals surface area (Å²) in [4.78, 5) is 15.1. The number of hydrogen-bond acceptors (Lipinski definition) is 3. The summed E-state index contributed by atoms with van der Waals surface area (Å²) in [5.41, 5.74) is 2.54. The molecule has 2 N–H and O–H groups in total. The maximum atomic E-state index is 14.4. The second-order valence-corrected chi connectivity index (χ2v) is 7.34. The van der Waals surface area contributed by atoms with Gasteiger partial charge in [0.25, 0.3) is 5.91 Å². The molecule has 5 heteroatoms. The van der Waals surface area contributed by atoms with Crippen LogP contribution in [0.5, 0.6) is 0 Å². The van der Waals surface area contributed by atoms with Crippen molar-refractivity contribution in [1.29, 1.82) is 0 Å². The molecule has 0 spiro atoms. The van der Waals surface area contributed by atoms with E-state index in [0.717, 1.165) is 24.1 Å². The Morgan fingerprint density at radius 3 is 2.57 bits per heavy atom. The van der Waals surface area contributed by atoms with E-state index in [1.165, 1.54) is 6.07 Å². The smallest absolute Gasteiger partial charge is 0.270 e. The molecule has 1 fully saturated rings. The van der Waals surface area contributed by atoms with Crippen molar-refractivity contribution in [3.63, 3.8) is 0 Å². The molecule has 1 unspecified atom stereocenters. The van der Waals surface area contributed by atoms with Gasteiger partial charge in [0.2, 0.25) is 0 Å². The van der Waals surface area contributed by atoms with Gasteiger partial charge in [0.1, 0.15) is 17.7 Å². The predicted molar refractivity (Wildman–Crippen MR) is 105 cm³/mol. The zero-order valence-corrected chi connectivity index (χ0v) is 15.2. The van der Waals surface area contributed by atoms with Crippen LogP contribution in [0.15, 0.2) is 90.4 Å². The molecule has 1 aliphatic carbocycles. The van der Waals surface area contributed by atoms with Crippen LogP contribution in [0.3, 0.4) is 0 Å². The van der Waals surface area contributed by atoms with Gasteiger partial charge in [0.05, 0.1) is 11.2 Å². The van der Waals surface area contributed by atoms with Gasteiger partial charge in [0.15, 0.2) is 0 Å². The minimum Gasteiger partial charge on any atom is -0.355 e. The SMILES string of the molecule is O=C(NC1(c2ccccc2)CC1)C1=C2C=CC=CN2C(c2ccccc2F)N1. The van der Waals surface area contributed by atoms with E-state index in [0.29, 0.717) is 11.3 Å². The Kier molecular flexibility index (Phi) is 3.83. The fourth-order valence-corrected chi connectivity index (χ4v) is 3.93. The molecule has 2 aromatic rings. The topological polar surface area (TPSA) is 44.4 Å². The number of nitrogens with zero attached hydrogens (tertiary/aromatic N) is 1. The van der Waals surface area contributed by atoms with Crippen LogP contribution in [0, 0.1) is 5.82 Å². The zero-order chi connectivity index (χ0) is 19.1. The number of rotatable bonds is 4. The Labute approximate surface area is 163 Å². The van der Waals surface area contributed by atoms with Gasteiger partial charge in [-0.2, -0.15) is 0 Å². The van der Waals surface area contributed by atoms with Crippen LogP contribution in [0.1, 0.15) is 30.1 Å². The van der Waals surface area contributed by atoms with Gasteiger partial charge in [-0.25, -0.2) is 4.39 Å². The highest BCUT2D eigenvalue weighted by Crippen LogP contribution is 2.46. The summed E-state index contributed by atoms with van der Waals surface area (Å²) in [6, 6.07) is 16.7. The number of benzene rings is 2. The fourth-order valence-electron chi connectivity index (χ4n) is 3.93. The van der Waals surface area contributed by atoms with E-state index in [2.05, 4.69) is 10.6 Å². The third-order valence-corrected chi connectivity index (χ3v) is 5.56. The van der Waals surface area contributed by atoms with Crippen LogP contribution in [0.4, 0.5) is 4.39 Å². The number of nitrogens with one attached hydrogen (secondary N) is 2. The quantitative estimate of drug-likeness (QED) is 0.856. The second kappa shape index (κ2) is 6.37. The van der Waals surface area contributed by atoms with Crippen molar-refractivity contribution >= 4 is 5.91 Å². The first-order valence-corrected chi connectivity index (χ1v) is 9.44. The Hall–Kier alpha value is -3.34. The molecule has 2 heterocycles. The molecule has 3 aliphatic rings. The first-order chi connectivity index (χ1) is 13.7. The van der Waals surface area contributed by atoms with Crippen LogP contribution in [0.2, 0.25) is 0 Å². The highest BCUT2D eigenvalue weighted by atomic mass is 19.1. The summed E-state index contributed by atoms with van der Waals surface area (Å²) in [6.07, 6.45) is 8.89. The molecule has 0 radical (unpaired) electrons. The van der Waals surface area contributed by atoms with Crippen molar-refractivity contribution < 1.29 is 9.18 Å². The van der Waals surface area contributed by atoms with Crippen molar-refractivity contribution in [3.05, 3.63) is 107 Å². The number of carbonyl (C=O) groups is 1. The zero-order valence-electron chi connectivity index (χ0n) is 15.2. The average Bonchev–Trinajstić information content (AvgIpc) is 3.41. The molecule has 0 saturated heterocycles. The number of fused-ring (bicyclic) bond motifs is 1. The minimum absolute atomic E-state index is 0.167. The van der Waals surface area contributed by atoms with E-state index in [1.54, 1.807) is 18.2 Å². The third kappa shape index (κ3) is 2.71. The van der Waals surface area contributed by atoms with Gasteiger partial charge in [-0.15, -0.1) is 0 Å². The molecule has 1 saturated carbocycles. The lowest BCUT2D eigenvalue weighted by Gasteiger charge is -2.26. The third-order valence-electron chi connectivity index (χ3n) is 5.56. The lowest BCUT2D eigenvalue weighted by atomic mass is 10.0. The number of hydrogen-bond donors (Lipinski definition) is 2. The van der Waals surface area contributed by atoms with Crippen LogP contribution < -0.4 is 10.6 Å². The van der Waals surface area contributed by atoms with E-state index in [4.69, 9.17) is 0 Å². The molecule has 1 atom stereocenters.